The van der Waals surface area contributed by atoms with Gasteiger partial charge in [0.15, 0.2) is 5.11 Å². The Balaban J connectivity index is 1.68. The van der Waals surface area contributed by atoms with Crippen LogP contribution in [0.15, 0.2) is 78.4 Å². The van der Waals surface area contributed by atoms with Gasteiger partial charge in [0.25, 0.3) is 11.8 Å². The number of nitrogens with zero attached hydrogens (tertiary/aromatic N) is 1. The van der Waals surface area contributed by atoms with Gasteiger partial charge in [0.1, 0.15) is 17.1 Å². The zero-order valence-electron chi connectivity index (χ0n) is 17.9. The molecule has 4 rings (SSSR count). The Morgan fingerprint density at radius 3 is 2.45 bits per heavy atom. The van der Waals surface area contributed by atoms with Gasteiger partial charge in [0.2, 0.25) is 0 Å². The van der Waals surface area contributed by atoms with E-state index in [0.717, 1.165) is 5.56 Å². The maximum absolute atomic E-state index is 14.1. The van der Waals surface area contributed by atoms with Crippen molar-refractivity contribution in [2.75, 3.05) is 11.5 Å². The molecule has 1 aliphatic rings. The van der Waals surface area contributed by atoms with Crippen molar-refractivity contribution in [3.05, 3.63) is 101 Å². The van der Waals surface area contributed by atoms with Crippen LogP contribution in [0.25, 0.3) is 6.08 Å². The minimum absolute atomic E-state index is 0.0311. The highest BCUT2D eigenvalue weighted by Crippen LogP contribution is 2.27. The molecule has 1 saturated heterocycles. The van der Waals surface area contributed by atoms with Gasteiger partial charge >= 0.3 is 0 Å². The van der Waals surface area contributed by atoms with Crippen LogP contribution in [0.5, 0.6) is 5.75 Å². The van der Waals surface area contributed by atoms with E-state index >= 15 is 0 Å². The smallest absolute Gasteiger partial charge is 0.270 e. The molecule has 0 aliphatic carbocycles. The summed E-state index contributed by atoms with van der Waals surface area (Å²) in [6.45, 7) is 2.27. The largest absolute Gasteiger partial charge is 0.494 e. The highest BCUT2D eigenvalue weighted by molar-refractivity contribution is 7.80. The maximum atomic E-state index is 14.1. The van der Waals surface area contributed by atoms with Crippen LogP contribution >= 0.6 is 12.2 Å². The Kier molecular flexibility index (Phi) is 6.60. The third-order valence-corrected chi connectivity index (χ3v) is 5.44. The monoisotopic (exact) mass is 460 g/mol. The van der Waals surface area contributed by atoms with Gasteiger partial charge in [0, 0.05) is 6.42 Å². The lowest BCUT2D eigenvalue weighted by Crippen LogP contribution is -2.54. The average Bonchev–Trinajstić information content (AvgIpc) is 2.80. The lowest BCUT2D eigenvalue weighted by atomic mass is 10.00. The van der Waals surface area contributed by atoms with E-state index < -0.39 is 11.8 Å². The van der Waals surface area contributed by atoms with Crippen molar-refractivity contribution in [3.63, 3.8) is 0 Å². The zero-order chi connectivity index (χ0) is 23.4. The summed E-state index contributed by atoms with van der Waals surface area (Å²) in [6, 6.07) is 20.8. The third kappa shape index (κ3) is 4.83. The molecule has 1 heterocycles. The van der Waals surface area contributed by atoms with Crippen LogP contribution in [0.1, 0.15) is 23.6 Å². The molecule has 3 aromatic carbocycles. The number of carbonyl (C=O) groups is 2. The molecule has 0 unspecified atom stereocenters. The molecular formula is C26H21FN2O3S. The Labute approximate surface area is 196 Å². The first-order valence-corrected chi connectivity index (χ1v) is 10.8. The normalized spacial score (nSPS) is 15.0. The predicted octanol–water partition coefficient (Wildman–Crippen LogP) is 4.65. The van der Waals surface area contributed by atoms with Crippen LogP contribution in [0.2, 0.25) is 0 Å². The van der Waals surface area contributed by atoms with E-state index in [2.05, 4.69) is 5.32 Å². The minimum atomic E-state index is -0.564. The van der Waals surface area contributed by atoms with Crippen LogP contribution in [-0.4, -0.2) is 23.5 Å². The van der Waals surface area contributed by atoms with Crippen LogP contribution in [0, 0.1) is 5.82 Å². The molecule has 2 amide bonds. The predicted molar refractivity (Wildman–Crippen MR) is 129 cm³/mol. The molecule has 0 aromatic heterocycles. The first-order chi connectivity index (χ1) is 16.0. The Morgan fingerprint density at radius 2 is 1.73 bits per heavy atom. The number of rotatable bonds is 6. The fourth-order valence-corrected chi connectivity index (χ4v) is 3.86. The Morgan fingerprint density at radius 1 is 1.00 bits per heavy atom. The highest BCUT2D eigenvalue weighted by atomic mass is 32.1. The van der Waals surface area contributed by atoms with Gasteiger partial charge in [0.05, 0.1) is 12.3 Å². The highest BCUT2D eigenvalue weighted by Gasteiger charge is 2.34. The summed E-state index contributed by atoms with van der Waals surface area (Å²) in [7, 11) is 0. The number of anilines is 1. The maximum Gasteiger partial charge on any atom is 0.270 e. The van der Waals surface area contributed by atoms with Crippen molar-refractivity contribution in [1.29, 1.82) is 0 Å². The molecule has 0 bridgehead atoms. The first-order valence-electron chi connectivity index (χ1n) is 10.4. The summed E-state index contributed by atoms with van der Waals surface area (Å²) in [5.74, 6) is -0.796. The number of ether oxygens (including phenoxy) is 1. The van der Waals surface area contributed by atoms with Crippen molar-refractivity contribution >= 4 is 40.9 Å². The molecule has 7 heteroatoms. The van der Waals surface area contributed by atoms with E-state index in [0.29, 0.717) is 35.6 Å². The standard InChI is InChI=1S/C26H21FN2O3S/c1-2-32-23-15-17(12-13-19(23)16-18-8-6-7-11-22(18)27)14-21-24(30)28-26(33)29(25(21)31)20-9-4-3-5-10-20/h3-15H,2,16H2,1H3,(H,28,30,33)/b21-14-. The van der Waals surface area contributed by atoms with Crippen molar-refractivity contribution < 1.29 is 18.7 Å². The molecule has 0 spiro atoms. The van der Waals surface area contributed by atoms with Gasteiger partial charge in [-0.25, -0.2) is 4.39 Å². The lowest BCUT2D eigenvalue weighted by Gasteiger charge is -2.28. The second kappa shape index (κ2) is 9.75. The number of halogens is 1. The SMILES string of the molecule is CCOc1cc(/C=C2/C(=O)NC(=S)N(c3ccccc3)C2=O)ccc1Cc1ccccc1F. The summed E-state index contributed by atoms with van der Waals surface area (Å²) in [5.41, 5.74) is 2.48. The van der Waals surface area contributed by atoms with Crippen molar-refractivity contribution in [2.45, 2.75) is 13.3 Å². The fraction of sp³-hybridized carbons (Fsp3) is 0.115. The number of thiocarbonyl (C=S) groups is 1. The average molecular weight is 461 g/mol. The Hall–Kier alpha value is -3.84. The van der Waals surface area contributed by atoms with Crippen molar-refractivity contribution in [3.8, 4) is 5.75 Å². The molecule has 0 radical (unpaired) electrons. The van der Waals surface area contributed by atoms with Crippen LogP contribution in [0.4, 0.5) is 10.1 Å². The number of carbonyl (C=O) groups excluding carboxylic acids is 2. The van der Waals surface area contributed by atoms with Gasteiger partial charge in [-0.15, -0.1) is 0 Å². The molecule has 1 fully saturated rings. The Bertz CT molecular complexity index is 1260. The summed E-state index contributed by atoms with van der Waals surface area (Å²) in [5, 5.41) is 2.61. The second-order valence-electron chi connectivity index (χ2n) is 7.36. The molecule has 33 heavy (non-hydrogen) atoms. The van der Waals surface area contributed by atoms with Gasteiger partial charge in [-0.2, -0.15) is 0 Å². The zero-order valence-corrected chi connectivity index (χ0v) is 18.7. The summed E-state index contributed by atoms with van der Waals surface area (Å²) >= 11 is 5.22. The second-order valence-corrected chi connectivity index (χ2v) is 7.75. The van der Waals surface area contributed by atoms with Crippen LogP contribution < -0.4 is 15.0 Å². The topological polar surface area (TPSA) is 58.6 Å². The molecule has 1 aliphatic heterocycles. The fourth-order valence-electron chi connectivity index (χ4n) is 3.58. The van der Waals surface area contributed by atoms with Crippen molar-refractivity contribution in [1.82, 2.24) is 5.32 Å². The third-order valence-electron chi connectivity index (χ3n) is 5.16. The van der Waals surface area contributed by atoms with E-state index in [1.807, 2.05) is 19.1 Å². The van der Waals surface area contributed by atoms with Crippen LogP contribution in [-0.2, 0) is 16.0 Å². The van der Waals surface area contributed by atoms with Gasteiger partial charge in [-0.1, -0.05) is 48.5 Å². The summed E-state index contributed by atoms with van der Waals surface area (Å²) < 4.78 is 19.9. The van der Waals surface area contributed by atoms with Crippen LogP contribution in [0.3, 0.4) is 0 Å². The first kappa shape index (κ1) is 22.4. The number of hydrogen-bond acceptors (Lipinski definition) is 4. The van der Waals surface area contributed by atoms with Gasteiger partial charge < -0.3 is 4.74 Å². The number of hydrogen-bond donors (Lipinski definition) is 1. The molecule has 0 atom stereocenters. The lowest BCUT2D eigenvalue weighted by molar-refractivity contribution is -0.122. The van der Waals surface area contributed by atoms with E-state index in [1.165, 1.54) is 17.0 Å². The van der Waals surface area contributed by atoms with E-state index in [-0.39, 0.29) is 16.5 Å². The number of nitrogens with one attached hydrogen (secondary N) is 1. The quantitative estimate of drug-likeness (QED) is 0.331. The number of amides is 2. The number of para-hydroxylation sites is 1. The molecule has 0 saturated carbocycles. The molecular weight excluding hydrogens is 439 g/mol. The summed E-state index contributed by atoms with van der Waals surface area (Å²) in [4.78, 5) is 27.0. The minimum Gasteiger partial charge on any atom is -0.494 e. The molecule has 3 aromatic rings. The molecule has 166 valence electrons. The van der Waals surface area contributed by atoms with Crippen molar-refractivity contribution in [2.24, 2.45) is 0 Å². The molecule has 1 N–H and O–H groups in total. The molecule has 5 nitrogen and oxygen atoms in total. The van der Waals surface area contributed by atoms with E-state index in [9.17, 15) is 14.0 Å². The summed E-state index contributed by atoms with van der Waals surface area (Å²) in [6.07, 6.45) is 1.86. The van der Waals surface area contributed by atoms with E-state index in [4.69, 9.17) is 17.0 Å². The van der Waals surface area contributed by atoms with E-state index in [1.54, 1.807) is 54.6 Å². The van der Waals surface area contributed by atoms with Gasteiger partial charge in [-0.3, -0.25) is 19.8 Å². The van der Waals surface area contributed by atoms with Gasteiger partial charge in [-0.05, 0) is 66.2 Å². The number of benzene rings is 3.